The highest BCUT2D eigenvalue weighted by atomic mass is 79.9. The van der Waals surface area contributed by atoms with Crippen molar-refractivity contribution < 1.29 is 9.18 Å². The van der Waals surface area contributed by atoms with Gasteiger partial charge in [0.15, 0.2) is 11.6 Å². The van der Waals surface area contributed by atoms with Gasteiger partial charge in [0, 0.05) is 10.4 Å². The summed E-state index contributed by atoms with van der Waals surface area (Å²) in [6.45, 7) is 1.99. The molecule has 0 saturated heterocycles. The van der Waals surface area contributed by atoms with E-state index in [-0.39, 0.29) is 22.3 Å². The van der Waals surface area contributed by atoms with Crippen LogP contribution in [0.15, 0.2) is 16.6 Å². The third-order valence-corrected chi connectivity index (χ3v) is 4.01. The molecule has 80 valence electrons. The van der Waals surface area contributed by atoms with Crippen molar-refractivity contribution in [2.24, 2.45) is 11.8 Å². The normalized spacial score (nSPS) is 24.0. The quantitative estimate of drug-likeness (QED) is 0.593. The standard InChI is InChI=1S/C11H9BrClFO/c1-5-4-7(5)11(15)6-2-3-8(12)9(13)10(6)14/h2-3,5,7H,4H2,1H3. The highest BCUT2D eigenvalue weighted by molar-refractivity contribution is 9.10. The molecule has 0 aliphatic heterocycles. The Bertz CT molecular complexity index is 433. The molecule has 1 nitrogen and oxygen atoms in total. The number of halogens is 3. The molecule has 1 aliphatic rings. The lowest BCUT2D eigenvalue weighted by Crippen LogP contribution is -2.06. The first-order valence-electron chi connectivity index (χ1n) is 4.70. The lowest BCUT2D eigenvalue weighted by Gasteiger charge is -2.04. The highest BCUT2D eigenvalue weighted by Crippen LogP contribution is 2.41. The Kier molecular flexibility index (Phi) is 2.86. The maximum Gasteiger partial charge on any atom is 0.169 e. The van der Waals surface area contributed by atoms with Gasteiger partial charge in [-0.3, -0.25) is 4.79 Å². The van der Waals surface area contributed by atoms with Crippen molar-refractivity contribution in [2.75, 3.05) is 0 Å². The minimum absolute atomic E-state index is 0.0169. The summed E-state index contributed by atoms with van der Waals surface area (Å²) in [5.41, 5.74) is 0.109. The van der Waals surface area contributed by atoms with E-state index in [1.165, 1.54) is 6.07 Å². The van der Waals surface area contributed by atoms with E-state index in [2.05, 4.69) is 15.9 Å². The van der Waals surface area contributed by atoms with Crippen molar-refractivity contribution in [2.45, 2.75) is 13.3 Å². The Hall–Kier alpha value is -0.410. The van der Waals surface area contributed by atoms with Gasteiger partial charge in [0.05, 0.1) is 10.6 Å². The third-order valence-electron chi connectivity index (χ3n) is 2.75. The van der Waals surface area contributed by atoms with Crippen LogP contribution in [-0.4, -0.2) is 5.78 Å². The molecule has 2 atom stereocenters. The topological polar surface area (TPSA) is 17.1 Å². The monoisotopic (exact) mass is 290 g/mol. The Morgan fingerprint density at radius 3 is 2.73 bits per heavy atom. The zero-order valence-corrected chi connectivity index (χ0v) is 10.4. The summed E-state index contributed by atoms with van der Waals surface area (Å²) in [5.74, 6) is -0.388. The summed E-state index contributed by atoms with van der Waals surface area (Å²) in [7, 11) is 0. The molecule has 0 radical (unpaired) electrons. The van der Waals surface area contributed by atoms with Crippen molar-refractivity contribution in [3.05, 3.63) is 33.0 Å². The van der Waals surface area contributed by atoms with Gasteiger partial charge in [-0.05, 0) is 40.4 Å². The molecule has 1 aromatic carbocycles. The predicted molar refractivity (Wildman–Crippen MR) is 60.7 cm³/mol. The lowest BCUT2D eigenvalue weighted by atomic mass is 10.1. The smallest absolute Gasteiger partial charge is 0.169 e. The fourth-order valence-electron chi connectivity index (χ4n) is 1.60. The van der Waals surface area contributed by atoms with E-state index in [1.54, 1.807) is 6.07 Å². The van der Waals surface area contributed by atoms with Crippen molar-refractivity contribution in [3.63, 3.8) is 0 Å². The molecule has 2 unspecified atom stereocenters. The number of hydrogen-bond donors (Lipinski definition) is 0. The molecule has 0 amide bonds. The molecule has 4 heteroatoms. The second-order valence-corrected chi connectivity index (χ2v) is 5.14. The van der Waals surface area contributed by atoms with E-state index in [9.17, 15) is 9.18 Å². The second-order valence-electron chi connectivity index (χ2n) is 3.91. The van der Waals surface area contributed by atoms with Crippen LogP contribution in [0.5, 0.6) is 0 Å². The van der Waals surface area contributed by atoms with Gasteiger partial charge >= 0.3 is 0 Å². The summed E-state index contributed by atoms with van der Waals surface area (Å²) < 4.78 is 14.1. The number of Topliss-reactive ketones (excluding diaryl/α,β-unsaturated/α-hetero) is 1. The molecule has 1 fully saturated rings. The van der Waals surface area contributed by atoms with E-state index in [4.69, 9.17) is 11.6 Å². The molecule has 0 bridgehead atoms. The number of carbonyl (C=O) groups is 1. The lowest BCUT2D eigenvalue weighted by molar-refractivity contribution is 0.0958. The van der Waals surface area contributed by atoms with Crippen LogP contribution < -0.4 is 0 Å². The molecule has 0 N–H and O–H groups in total. The average molecular weight is 292 g/mol. The minimum Gasteiger partial charge on any atom is -0.294 e. The number of rotatable bonds is 2. The van der Waals surface area contributed by atoms with Crippen LogP contribution in [0.4, 0.5) is 4.39 Å². The number of ketones is 1. The largest absolute Gasteiger partial charge is 0.294 e. The first kappa shape index (κ1) is 11.1. The summed E-state index contributed by atoms with van der Waals surface area (Å²) in [4.78, 5) is 11.8. The Labute approximate surface area is 101 Å². The third kappa shape index (κ3) is 1.95. The first-order valence-corrected chi connectivity index (χ1v) is 5.87. The Morgan fingerprint density at radius 1 is 1.60 bits per heavy atom. The highest BCUT2D eigenvalue weighted by Gasteiger charge is 2.40. The van der Waals surface area contributed by atoms with Crippen LogP contribution in [-0.2, 0) is 0 Å². The van der Waals surface area contributed by atoms with Crippen LogP contribution in [0, 0.1) is 17.7 Å². The molecule has 0 heterocycles. The molecular formula is C11H9BrClFO. The maximum atomic E-state index is 13.6. The van der Waals surface area contributed by atoms with Crippen LogP contribution in [0.3, 0.4) is 0 Å². The molecule has 0 aromatic heterocycles. The van der Waals surface area contributed by atoms with Gasteiger partial charge in [0.25, 0.3) is 0 Å². The van der Waals surface area contributed by atoms with Gasteiger partial charge in [0.1, 0.15) is 0 Å². The fraction of sp³-hybridized carbons (Fsp3) is 0.364. The first-order chi connectivity index (χ1) is 7.02. The zero-order chi connectivity index (χ0) is 11.2. The Balaban J connectivity index is 2.37. The number of benzene rings is 1. The van der Waals surface area contributed by atoms with Crippen LogP contribution in [0.1, 0.15) is 23.7 Å². The van der Waals surface area contributed by atoms with Gasteiger partial charge < -0.3 is 0 Å². The molecule has 1 aromatic rings. The molecular weight excluding hydrogens is 282 g/mol. The van der Waals surface area contributed by atoms with Crippen molar-refractivity contribution in [1.29, 1.82) is 0 Å². The molecule has 1 aliphatic carbocycles. The molecule has 15 heavy (non-hydrogen) atoms. The molecule has 0 spiro atoms. The van der Waals surface area contributed by atoms with E-state index in [0.29, 0.717) is 10.4 Å². The van der Waals surface area contributed by atoms with Gasteiger partial charge in [-0.1, -0.05) is 18.5 Å². The number of carbonyl (C=O) groups excluding carboxylic acids is 1. The zero-order valence-electron chi connectivity index (χ0n) is 8.06. The average Bonchev–Trinajstić information content (AvgIpc) is 2.91. The van der Waals surface area contributed by atoms with Crippen molar-refractivity contribution in [3.8, 4) is 0 Å². The second kappa shape index (κ2) is 3.87. The molecule has 1 saturated carbocycles. The predicted octanol–water partition coefficient (Wildman–Crippen LogP) is 4.08. The van der Waals surface area contributed by atoms with Crippen LogP contribution in [0.25, 0.3) is 0 Å². The summed E-state index contributed by atoms with van der Waals surface area (Å²) in [6, 6.07) is 3.09. The van der Waals surface area contributed by atoms with E-state index < -0.39 is 5.82 Å². The van der Waals surface area contributed by atoms with E-state index in [0.717, 1.165) is 6.42 Å². The van der Waals surface area contributed by atoms with Gasteiger partial charge in [0.2, 0.25) is 0 Å². The SMILES string of the molecule is CC1CC1C(=O)c1ccc(Br)c(Cl)c1F. The van der Waals surface area contributed by atoms with Crippen molar-refractivity contribution >= 4 is 33.3 Å². The summed E-state index contributed by atoms with van der Waals surface area (Å²) in [5, 5.41) is -0.0193. The minimum atomic E-state index is -0.616. The van der Waals surface area contributed by atoms with Crippen LogP contribution in [0.2, 0.25) is 5.02 Å². The van der Waals surface area contributed by atoms with E-state index >= 15 is 0 Å². The van der Waals surface area contributed by atoms with Crippen molar-refractivity contribution in [1.82, 2.24) is 0 Å². The van der Waals surface area contributed by atoms with E-state index in [1.807, 2.05) is 6.92 Å². The van der Waals surface area contributed by atoms with Crippen LogP contribution >= 0.6 is 27.5 Å². The molecule has 2 rings (SSSR count). The van der Waals surface area contributed by atoms with Gasteiger partial charge in [-0.15, -0.1) is 0 Å². The van der Waals surface area contributed by atoms with Gasteiger partial charge in [-0.25, -0.2) is 4.39 Å². The maximum absolute atomic E-state index is 13.6. The number of hydrogen-bond acceptors (Lipinski definition) is 1. The fourth-order valence-corrected chi connectivity index (χ4v) is 2.07. The Morgan fingerprint density at radius 2 is 2.20 bits per heavy atom. The van der Waals surface area contributed by atoms with Gasteiger partial charge in [-0.2, -0.15) is 0 Å². The summed E-state index contributed by atoms with van der Waals surface area (Å²) in [6.07, 6.45) is 0.853. The summed E-state index contributed by atoms with van der Waals surface area (Å²) >= 11 is 8.82.